The van der Waals surface area contributed by atoms with Gasteiger partial charge in [-0.1, -0.05) is 36.4 Å². The zero-order valence-electron chi connectivity index (χ0n) is 17.0. The first kappa shape index (κ1) is 21.2. The molecule has 4 rings (SSSR count). The molecule has 1 unspecified atom stereocenters. The second-order valence-electron chi connectivity index (χ2n) is 7.79. The quantitative estimate of drug-likeness (QED) is 0.577. The maximum Gasteiger partial charge on any atom is 0.326 e. The third-order valence-corrected chi connectivity index (χ3v) is 5.71. The highest BCUT2D eigenvalue weighted by Gasteiger charge is 2.40. The molecule has 2 atom stereocenters. The number of aliphatic carboxylic acids is 1. The highest BCUT2D eigenvalue weighted by Crippen LogP contribution is 2.30. The molecular formula is C23H21N3O6. The normalized spacial score (nSPS) is 18.7. The van der Waals surface area contributed by atoms with Crippen molar-refractivity contribution in [1.29, 1.82) is 0 Å². The van der Waals surface area contributed by atoms with E-state index in [4.69, 9.17) is 0 Å². The lowest BCUT2D eigenvalue weighted by molar-refractivity contribution is -0.139. The minimum absolute atomic E-state index is 0.0282. The fourth-order valence-corrected chi connectivity index (χ4v) is 4.08. The number of hydrogen-bond acceptors (Lipinski definition) is 5. The summed E-state index contributed by atoms with van der Waals surface area (Å²) in [6.07, 6.45) is 0.450. The monoisotopic (exact) mass is 435 g/mol. The number of benzene rings is 2. The second kappa shape index (κ2) is 8.62. The Hall–Kier alpha value is -4.01. The van der Waals surface area contributed by atoms with E-state index in [2.05, 4.69) is 10.6 Å². The average Bonchev–Trinajstić information content (AvgIpc) is 3.10. The van der Waals surface area contributed by atoms with Gasteiger partial charge in [-0.25, -0.2) is 4.79 Å². The van der Waals surface area contributed by atoms with Gasteiger partial charge in [0, 0.05) is 30.5 Å². The van der Waals surface area contributed by atoms with E-state index < -0.39 is 35.8 Å². The molecule has 2 aliphatic heterocycles. The van der Waals surface area contributed by atoms with Crippen LogP contribution in [0.1, 0.15) is 44.7 Å². The van der Waals surface area contributed by atoms with E-state index in [1.54, 1.807) is 36.4 Å². The van der Waals surface area contributed by atoms with Crippen molar-refractivity contribution in [2.24, 2.45) is 0 Å². The minimum Gasteiger partial charge on any atom is -0.480 e. The highest BCUT2D eigenvalue weighted by atomic mass is 16.4. The minimum atomic E-state index is -1.17. The molecule has 1 fully saturated rings. The predicted molar refractivity (Wildman–Crippen MR) is 112 cm³/mol. The number of carboxylic acid groups (broad SMARTS) is 1. The van der Waals surface area contributed by atoms with Crippen LogP contribution in [0.4, 0.5) is 0 Å². The number of hydrogen-bond donors (Lipinski definition) is 3. The number of rotatable bonds is 6. The van der Waals surface area contributed by atoms with Crippen LogP contribution in [0, 0.1) is 0 Å². The van der Waals surface area contributed by atoms with Crippen molar-refractivity contribution in [3.05, 3.63) is 70.8 Å². The van der Waals surface area contributed by atoms with Crippen LogP contribution in [0.25, 0.3) is 0 Å². The number of carbonyl (C=O) groups excluding carboxylic acids is 4. The SMILES string of the molecule is O=C1CCC(N2Cc3c(C(=O)N[C@@H](Cc4ccccc4)C(=O)O)cccc3C2=O)C(=O)N1. The number of carboxylic acids is 1. The number of piperidine rings is 1. The van der Waals surface area contributed by atoms with Crippen molar-refractivity contribution < 1.29 is 29.1 Å². The van der Waals surface area contributed by atoms with Gasteiger partial charge in [0.25, 0.3) is 11.8 Å². The molecule has 2 aliphatic rings. The van der Waals surface area contributed by atoms with Crippen LogP contribution in [-0.4, -0.2) is 51.7 Å². The molecule has 164 valence electrons. The van der Waals surface area contributed by atoms with Crippen molar-refractivity contribution in [3.63, 3.8) is 0 Å². The average molecular weight is 435 g/mol. The predicted octanol–water partition coefficient (Wildman–Crippen LogP) is 0.873. The second-order valence-corrected chi connectivity index (χ2v) is 7.79. The summed E-state index contributed by atoms with van der Waals surface area (Å²) in [5.74, 6) is -3.10. The molecule has 9 nitrogen and oxygen atoms in total. The summed E-state index contributed by atoms with van der Waals surface area (Å²) in [5.41, 5.74) is 1.67. The van der Waals surface area contributed by atoms with Crippen molar-refractivity contribution in [2.45, 2.75) is 37.9 Å². The lowest BCUT2D eigenvalue weighted by Gasteiger charge is -2.29. The van der Waals surface area contributed by atoms with E-state index >= 15 is 0 Å². The van der Waals surface area contributed by atoms with Gasteiger partial charge in [-0.2, -0.15) is 0 Å². The summed E-state index contributed by atoms with van der Waals surface area (Å²) >= 11 is 0. The Kier molecular flexibility index (Phi) is 5.72. The molecule has 4 amide bonds. The molecular weight excluding hydrogens is 414 g/mol. The Morgan fingerprint density at radius 2 is 1.84 bits per heavy atom. The first-order valence-electron chi connectivity index (χ1n) is 10.2. The van der Waals surface area contributed by atoms with Crippen LogP contribution in [0.2, 0.25) is 0 Å². The molecule has 0 spiro atoms. The molecule has 1 saturated heterocycles. The zero-order valence-corrected chi connectivity index (χ0v) is 17.0. The van der Waals surface area contributed by atoms with Gasteiger partial charge in [0.2, 0.25) is 11.8 Å². The number of carbonyl (C=O) groups is 5. The molecule has 2 aromatic rings. The van der Waals surface area contributed by atoms with Gasteiger partial charge in [0.1, 0.15) is 12.1 Å². The van der Waals surface area contributed by atoms with Crippen LogP contribution in [0.15, 0.2) is 48.5 Å². The smallest absolute Gasteiger partial charge is 0.326 e. The Morgan fingerprint density at radius 1 is 1.09 bits per heavy atom. The molecule has 0 bridgehead atoms. The zero-order chi connectivity index (χ0) is 22.8. The third-order valence-electron chi connectivity index (χ3n) is 5.71. The van der Waals surface area contributed by atoms with Crippen LogP contribution in [0.3, 0.4) is 0 Å². The van der Waals surface area contributed by atoms with E-state index in [1.165, 1.54) is 11.0 Å². The van der Waals surface area contributed by atoms with Crippen LogP contribution in [-0.2, 0) is 27.3 Å². The molecule has 32 heavy (non-hydrogen) atoms. The van der Waals surface area contributed by atoms with Gasteiger partial charge in [0.05, 0.1) is 0 Å². The van der Waals surface area contributed by atoms with Gasteiger partial charge >= 0.3 is 5.97 Å². The maximum absolute atomic E-state index is 13.0. The van der Waals surface area contributed by atoms with E-state index in [1.807, 2.05) is 6.07 Å². The van der Waals surface area contributed by atoms with E-state index in [0.717, 1.165) is 5.56 Å². The summed E-state index contributed by atoms with van der Waals surface area (Å²) in [5, 5.41) is 14.4. The van der Waals surface area contributed by atoms with Gasteiger partial charge in [-0.05, 0) is 29.7 Å². The number of amides is 4. The highest BCUT2D eigenvalue weighted by molar-refractivity contribution is 6.08. The van der Waals surface area contributed by atoms with Crippen molar-refractivity contribution >= 4 is 29.6 Å². The first-order chi connectivity index (χ1) is 15.3. The van der Waals surface area contributed by atoms with Crippen molar-refractivity contribution in [3.8, 4) is 0 Å². The fourth-order valence-electron chi connectivity index (χ4n) is 4.08. The van der Waals surface area contributed by atoms with Crippen molar-refractivity contribution in [2.75, 3.05) is 0 Å². The summed E-state index contributed by atoms with van der Waals surface area (Å²) in [7, 11) is 0. The standard InChI is InChI=1S/C23H21N3O6/c27-19-10-9-18(21(29)25-19)26-12-16-14(7-4-8-15(16)22(26)30)20(28)24-17(23(31)32)11-13-5-2-1-3-6-13/h1-8,17-18H,9-12H2,(H,24,28)(H,31,32)(H,25,27,29)/t17-,18?/m0/s1. The van der Waals surface area contributed by atoms with E-state index in [9.17, 15) is 29.1 Å². The Balaban J connectivity index is 1.54. The number of nitrogens with one attached hydrogen (secondary N) is 2. The topological polar surface area (TPSA) is 133 Å². The van der Waals surface area contributed by atoms with Crippen molar-refractivity contribution in [1.82, 2.24) is 15.5 Å². The number of nitrogens with zero attached hydrogens (tertiary/aromatic N) is 1. The maximum atomic E-state index is 13.0. The van der Waals surface area contributed by atoms with Crippen LogP contribution >= 0.6 is 0 Å². The molecule has 2 heterocycles. The molecule has 0 aromatic heterocycles. The lowest BCUT2D eigenvalue weighted by atomic mass is 10.0. The van der Waals surface area contributed by atoms with E-state index in [0.29, 0.717) is 5.56 Å². The Morgan fingerprint density at radius 3 is 2.53 bits per heavy atom. The van der Waals surface area contributed by atoms with Crippen LogP contribution < -0.4 is 10.6 Å². The molecule has 2 aromatic carbocycles. The van der Waals surface area contributed by atoms with Gasteiger partial charge in [-0.3, -0.25) is 24.5 Å². The fraction of sp³-hybridized carbons (Fsp3) is 0.261. The largest absolute Gasteiger partial charge is 0.480 e. The van der Waals surface area contributed by atoms with Gasteiger partial charge in [-0.15, -0.1) is 0 Å². The summed E-state index contributed by atoms with van der Waals surface area (Å²) in [4.78, 5) is 62.6. The summed E-state index contributed by atoms with van der Waals surface area (Å²) < 4.78 is 0. The Bertz CT molecular complexity index is 1110. The third kappa shape index (κ3) is 4.09. The number of fused-ring (bicyclic) bond motifs is 1. The molecule has 0 aliphatic carbocycles. The molecule has 9 heteroatoms. The molecule has 3 N–H and O–H groups in total. The summed E-state index contributed by atoms with van der Waals surface area (Å²) in [6.45, 7) is 0.0282. The number of imide groups is 1. The Labute approximate surface area is 183 Å². The molecule has 0 saturated carbocycles. The van der Waals surface area contributed by atoms with Crippen LogP contribution in [0.5, 0.6) is 0 Å². The first-order valence-corrected chi connectivity index (χ1v) is 10.2. The lowest BCUT2D eigenvalue weighted by Crippen LogP contribution is -2.52. The van der Waals surface area contributed by atoms with E-state index in [-0.39, 0.29) is 42.8 Å². The molecule has 0 radical (unpaired) electrons. The van der Waals surface area contributed by atoms with Gasteiger partial charge in [0.15, 0.2) is 0 Å². The summed E-state index contributed by atoms with van der Waals surface area (Å²) in [6, 6.07) is 11.6. The van der Waals surface area contributed by atoms with Gasteiger partial charge < -0.3 is 15.3 Å².